The number of benzene rings is 8. The molecule has 0 aliphatic heterocycles. The van der Waals surface area contributed by atoms with Crippen molar-refractivity contribution in [2.24, 2.45) is 0 Å². The standard InChI is InChI=1S/C49H14F22O5S/c50-15-6-10-18(11-7-15)77(17-4-2-1-3-5-17,19-12-8-16(51)9-13-19)76-49(72)20-14-21(73-46-38(66)32(60)29(57)33(61)39(46)67)44(74-47-40(68)34(62)30(58)35(63)41(47)69)45(75-48-42(70)36(64)31(59)37(65)43(48)71)22(20)23-24(52)26(54)28(56)27(55)25(23)53/h1-14H. The van der Waals surface area contributed by atoms with Gasteiger partial charge in [-0.25, -0.2) is 75.0 Å². The molecule has 5 nitrogen and oxygen atoms in total. The summed E-state index contributed by atoms with van der Waals surface area (Å²) in [5.74, 6) is -83.4. The molecule has 0 aromatic heterocycles. The van der Waals surface area contributed by atoms with Gasteiger partial charge in [-0.15, -0.1) is 0 Å². The monoisotopic (exact) mass is 1130 g/mol. The molecule has 0 heterocycles. The molecule has 0 aliphatic rings. The Kier molecular flexibility index (Phi) is 14.6. The van der Waals surface area contributed by atoms with Crippen molar-refractivity contribution in [2.75, 3.05) is 0 Å². The van der Waals surface area contributed by atoms with Crippen molar-refractivity contribution in [1.29, 1.82) is 0 Å². The number of ether oxygens (including phenoxy) is 3. The van der Waals surface area contributed by atoms with E-state index in [0.29, 0.717) is 24.3 Å². The number of hydrogen-bond acceptors (Lipinski definition) is 5. The van der Waals surface area contributed by atoms with E-state index in [2.05, 4.69) is 0 Å². The van der Waals surface area contributed by atoms with Gasteiger partial charge in [-0.1, -0.05) is 18.2 Å². The first-order valence-electron chi connectivity index (χ1n) is 20.2. The van der Waals surface area contributed by atoms with E-state index < -0.39 is 211 Å². The number of hydrogen-bond donors (Lipinski definition) is 0. The van der Waals surface area contributed by atoms with E-state index in [4.69, 9.17) is 18.4 Å². The predicted octanol–water partition coefficient (Wildman–Crippen LogP) is 16.8. The van der Waals surface area contributed by atoms with Crippen molar-refractivity contribution in [3.63, 3.8) is 0 Å². The van der Waals surface area contributed by atoms with E-state index in [9.17, 15) is 52.7 Å². The van der Waals surface area contributed by atoms with Crippen molar-refractivity contribution in [2.45, 2.75) is 14.7 Å². The van der Waals surface area contributed by atoms with Crippen LogP contribution in [-0.2, 0) is 4.18 Å². The fraction of sp³-hybridized carbons (Fsp3) is 0. The van der Waals surface area contributed by atoms with Gasteiger partial charge in [0.25, 0.3) is 0 Å². The Hall–Kier alpha value is -8.56. The highest BCUT2D eigenvalue weighted by molar-refractivity contribution is 8.30. The van der Waals surface area contributed by atoms with E-state index in [0.717, 1.165) is 36.4 Å². The van der Waals surface area contributed by atoms with Gasteiger partial charge in [0.05, 0.1) is 11.1 Å². The number of carbonyl (C=O) groups is 1. The third-order valence-electron chi connectivity index (χ3n) is 10.6. The second-order valence-electron chi connectivity index (χ2n) is 15.1. The average molecular weight is 1130 g/mol. The fourth-order valence-electron chi connectivity index (χ4n) is 7.03. The molecule has 8 aromatic carbocycles. The first kappa shape index (κ1) is 54.7. The number of carbonyl (C=O) groups excluding carboxylic acids is 1. The zero-order valence-corrected chi connectivity index (χ0v) is 37.2. The molecule has 0 bridgehead atoms. The molecule has 77 heavy (non-hydrogen) atoms. The summed E-state index contributed by atoms with van der Waals surface area (Å²) < 4.78 is 354. The molecule has 0 atom stereocenters. The topological polar surface area (TPSA) is 54.0 Å². The highest BCUT2D eigenvalue weighted by Crippen LogP contribution is 2.70. The molecular formula is C49H14F22O5S. The summed E-state index contributed by atoms with van der Waals surface area (Å²) in [5, 5.41) is 0. The molecule has 0 N–H and O–H groups in total. The quantitative estimate of drug-likeness (QED) is 0.0693. The molecule has 0 unspecified atom stereocenters. The van der Waals surface area contributed by atoms with E-state index in [-0.39, 0.29) is 4.90 Å². The minimum Gasteiger partial charge on any atom is -0.447 e. The smallest absolute Gasteiger partial charge is 0.350 e. The van der Waals surface area contributed by atoms with Crippen LogP contribution in [-0.4, -0.2) is 5.97 Å². The van der Waals surface area contributed by atoms with E-state index >= 15 is 48.7 Å². The Labute approximate surface area is 414 Å². The summed E-state index contributed by atoms with van der Waals surface area (Å²) in [5.41, 5.74) is -7.48. The van der Waals surface area contributed by atoms with Crippen molar-refractivity contribution in [1.82, 2.24) is 0 Å². The number of rotatable bonds is 12. The third-order valence-corrected chi connectivity index (χ3v) is 13.8. The SMILES string of the molecule is O=C(OS(c1ccccc1)(c1ccc(F)cc1)c1ccc(F)cc1)c1cc(Oc2c(F)c(F)c(F)c(F)c2F)c(Oc2c(F)c(F)c(F)c(F)c2F)c(Oc2c(F)c(F)c(F)c(F)c2F)c1-c1c(F)c(F)c(F)c(F)c1F. The lowest BCUT2D eigenvalue weighted by Crippen LogP contribution is -2.17. The van der Waals surface area contributed by atoms with Crippen molar-refractivity contribution >= 4 is 16.3 Å². The van der Waals surface area contributed by atoms with Gasteiger partial charge in [-0.2, -0.15) is 26.3 Å². The first-order valence-corrected chi connectivity index (χ1v) is 21.8. The van der Waals surface area contributed by atoms with Crippen LogP contribution in [0.15, 0.2) is 99.6 Å². The second kappa shape index (κ2) is 20.5. The largest absolute Gasteiger partial charge is 0.447 e. The van der Waals surface area contributed by atoms with Gasteiger partial charge in [0.1, 0.15) is 11.6 Å². The van der Waals surface area contributed by atoms with Crippen LogP contribution in [0.1, 0.15) is 10.4 Å². The van der Waals surface area contributed by atoms with Crippen LogP contribution in [0, 0.1) is 128 Å². The van der Waals surface area contributed by atoms with Crippen molar-refractivity contribution in [3.05, 3.63) is 218 Å². The summed E-state index contributed by atoms with van der Waals surface area (Å²) >= 11 is 0. The van der Waals surface area contributed by atoms with Gasteiger partial charge >= 0.3 is 5.97 Å². The lowest BCUT2D eigenvalue weighted by Gasteiger charge is -2.40. The Morgan fingerprint density at radius 3 is 0.961 bits per heavy atom. The maximum Gasteiger partial charge on any atom is 0.350 e. The van der Waals surface area contributed by atoms with Gasteiger partial charge < -0.3 is 18.4 Å². The summed E-state index contributed by atoms with van der Waals surface area (Å²) in [6, 6.07) is 11.6. The second-order valence-corrected chi connectivity index (χ2v) is 17.7. The minimum absolute atomic E-state index is 0.300. The highest BCUT2D eigenvalue weighted by atomic mass is 32.3. The lowest BCUT2D eigenvalue weighted by atomic mass is 9.95. The highest BCUT2D eigenvalue weighted by Gasteiger charge is 2.43. The molecule has 0 amide bonds. The first-order chi connectivity index (χ1) is 36.3. The lowest BCUT2D eigenvalue weighted by molar-refractivity contribution is 0.0757. The van der Waals surface area contributed by atoms with Crippen molar-refractivity contribution in [3.8, 4) is 45.6 Å². The van der Waals surface area contributed by atoms with Crippen LogP contribution in [0.5, 0.6) is 34.5 Å². The maximum absolute atomic E-state index is 16.5. The Morgan fingerprint density at radius 1 is 0.299 bits per heavy atom. The van der Waals surface area contributed by atoms with Crippen LogP contribution >= 0.6 is 10.3 Å². The minimum atomic E-state index is -4.27. The Morgan fingerprint density at radius 2 is 0.597 bits per heavy atom. The summed E-state index contributed by atoms with van der Waals surface area (Å²) in [4.78, 5) is 14.2. The summed E-state index contributed by atoms with van der Waals surface area (Å²) in [7, 11) is -4.27. The van der Waals surface area contributed by atoms with Gasteiger partial charge in [0, 0.05) is 26.3 Å². The van der Waals surface area contributed by atoms with E-state index in [1.54, 1.807) is 0 Å². The zero-order valence-electron chi connectivity index (χ0n) is 36.3. The zero-order chi connectivity index (χ0) is 56.4. The molecule has 0 saturated heterocycles. The van der Waals surface area contributed by atoms with Crippen LogP contribution in [0.2, 0.25) is 0 Å². The normalized spacial score (nSPS) is 11.8. The van der Waals surface area contributed by atoms with E-state index in [1.807, 2.05) is 0 Å². The molecule has 0 fully saturated rings. The van der Waals surface area contributed by atoms with Gasteiger partial charge in [-0.3, -0.25) is 0 Å². The summed E-state index contributed by atoms with van der Waals surface area (Å²) in [6.07, 6.45) is 0. The third kappa shape index (κ3) is 9.07. The van der Waals surface area contributed by atoms with Crippen LogP contribution in [0.4, 0.5) is 96.6 Å². The molecule has 0 radical (unpaired) electrons. The van der Waals surface area contributed by atoms with E-state index in [1.165, 1.54) is 18.2 Å². The molecule has 8 aromatic rings. The summed E-state index contributed by atoms with van der Waals surface area (Å²) in [6.45, 7) is 0. The maximum atomic E-state index is 16.5. The fourth-order valence-corrected chi connectivity index (χ4v) is 10.0. The van der Waals surface area contributed by atoms with Crippen LogP contribution in [0.25, 0.3) is 11.1 Å². The van der Waals surface area contributed by atoms with Gasteiger partial charge in [0.2, 0.25) is 116 Å². The molecular weight excluding hydrogens is 1120 g/mol. The van der Waals surface area contributed by atoms with Gasteiger partial charge in [-0.05, 0) is 71.0 Å². The molecule has 400 valence electrons. The number of halogens is 22. The Bertz CT molecular complexity index is 3590. The Balaban J connectivity index is 1.63. The molecule has 0 spiro atoms. The predicted molar refractivity (Wildman–Crippen MR) is 218 cm³/mol. The van der Waals surface area contributed by atoms with Crippen molar-refractivity contribution < 1.29 is 120 Å². The van der Waals surface area contributed by atoms with Crippen LogP contribution < -0.4 is 14.2 Å². The molecule has 0 aliphatic carbocycles. The average Bonchev–Trinajstić information content (AvgIpc) is 3.43. The molecule has 8 rings (SSSR count). The van der Waals surface area contributed by atoms with Crippen LogP contribution in [0.3, 0.4) is 0 Å². The molecule has 0 saturated carbocycles. The van der Waals surface area contributed by atoms with Gasteiger partial charge in [0.15, 0.2) is 34.8 Å². The molecule has 28 heteroatoms.